The Kier molecular flexibility index (Phi) is 3.00. The zero-order valence-electron chi connectivity index (χ0n) is 11.8. The predicted octanol–water partition coefficient (Wildman–Crippen LogP) is 3.87. The maximum Gasteiger partial charge on any atom is 0.123 e. The Morgan fingerprint density at radius 1 is 1.05 bits per heavy atom. The second-order valence-electron chi connectivity index (χ2n) is 5.71. The summed E-state index contributed by atoms with van der Waals surface area (Å²) in [6.45, 7) is 2.87. The Hall–Kier alpha value is -2.13. The molecule has 0 saturated heterocycles. The van der Waals surface area contributed by atoms with E-state index in [1.807, 2.05) is 12.1 Å². The Morgan fingerprint density at radius 3 is 2.71 bits per heavy atom. The highest BCUT2D eigenvalue weighted by Gasteiger charge is 2.20. The van der Waals surface area contributed by atoms with Crippen molar-refractivity contribution in [3.63, 3.8) is 0 Å². The summed E-state index contributed by atoms with van der Waals surface area (Å²) in [7, 11) is 0. The van der Waals surface area contributed by atoms with Crippen molar-refractivity contribution in [2.24, 2.45) is 0 Å². The van der Waals surface area contributed by atoms with Crippen LogP contribution in [0.5, 0.6) is 0 Å². The van der Waals surface area contributed by atoms with Gasteiger partial charge < -0.3 is 4.98 Å². The molecule has 0 amide bonds. The van der Waals surface area contributed by atoms with E-state index >= 15 is 0 Å². The molecule has 1 aromatic heterocycles. The molecule has 0 bridgehead atoms. The molecule has 106 valence electrons. The number of halogens is 1. The first kappa shape index (κ1) is 12.6. The largest absolute Gasteiger partial charge is 0.358 e. The van der Waals surface area contributed by atoms with E-state index < -0.39 is 0 Å². The zero-order chi connectivity index (χ0) is 14.2. The van der Waals surface area contributed by atoms with Crippen LogP contribution >= 0.6 is 0 Å². The summed E-state index contributed by atoms with van der Waals surface area (Å²) in [4.78, 5) is 5.96. The summed E-state index contributed by atoms with van der Waals surface area (Å²) in [6, 6.07) is 15.3. The molecule has 0 saturated carbocycles. The van der Waals surface area contributed by atoms with Crippen LogP contribution in [0.1, 0.15) is 16.8 Å². The van der Waals surface area contributed by atoms with E-state index in [9.17, 15) is 4.39 Å². The van der Waals surface area contributed by atoms with Crippen molar-refractivity contribution < 1.29 is 4.39 Å². The fraction of sp³-hybridized carbons (Fsp3) is 0.222. The average molecular weight is 280 g/mol. The maximum atomic E-state index is 13.0. The summed E-state index contributed by atoms with van der Waals surface area (Å²) >= 11 is 0. The van der Waals surface area contributed by atoms with E-state index in [-0.39, 0.29) is 5.82 Å². The summed E-state index contributed by atoms with van der Waals surface area (Å²) in [5.74, 6) is -0.170. The van der Waals surface area contributed by atoms with Gasteiger partial charge in [0.05, 0.1) is 0 Å². The highest BCUT2D eigenvalue weighted by Crippen LogP contribution is 2.28. The number of hydrogen-bond donors (Lipinski definition) is 1. The molecule has 1 N–H and O–H groups in total. The first-order valence-corrected chi connectivity index (χ1v) is 7.35. The van der Waals surface area contributed by atoms with E-state index in [0.29, 0.717) is 0 Å². The molecule has 21 heavy (non-hydrogen) atoms. The molecule has 0 spiro atoms. The molecule has 0 fully saturated rings. The summed E-state index contributed by atoms with van der Waals surface area (Å²) < 4.78 is 13.0. The first-order valence-electron chi connectivity index (χ1n) is 7.35. The number of hydrogen-bond acceptors (Lipinski definition) is 1. The molecule has 1 aliphatic heterocycles. The monoisotopic (exact) mass is 280 g/mol. The van der Waals surface area contributed by atoms with Crippen LogP contribution in [0.3, 0.4) is 0 Å². The quantitative estimate of drug-likeness (QED) is 0.755. The Balaban J connectivity index is 1.59. The lowest BCUT2D eigenvalue weighted by molar-refractivity contribution is 0.245. The summed E-state index contributed by atoms with van der Waals surface area (Å²) in [5.41, 5.74) is 5.18. The predicted molar refractivity (Wildman–Crippen MR) is 82.5 cm³/mol. The highest BCUT2D eigenvalue weighted by atomic mass is 19.1. The molecule has 0 aliphatic carbocycles. The van der Waals surface area contributed by atoms with Crippen LogP contribution < -0.4 is 0 Å². The van der Waals surface area contributed by atoms with Crippen molar-refractivity contribution in [3.05, 3.63) is 71.2 Å². The first-order chi connectivity index (χ1) is 10.3. The minimum Gasteiger partial charge on any atom is -0.358 e. The van der Waals surface area contributed by atoms with Crippen molar-refractivity contribution in [2.75, 3.05) is 6.54 Å². The van der Waals surface area contributed by atoms with Gasteiger partial charge in [-0.3, -0.25) is 4.90 Å². The standard InChI is InChI=1S/C18H17FN2/c19-14-7-5-13(6-8-14)11-21-10-9-18-16(12-21)15-3-1-2-4-17(15)20-18/h1-8,20H,9-12H2. The normalized spacial score (nSPS) is 15.3. The van der Waals surface area contributed by atoms with E-state index in [0.717, 1.165) is 26.1 Å². The number of rotatable bonds is 2. The van der Waals surface area contributed by atoms with Crippen molar-refractivity contribution in [1.82, 2.24) is 9.88 Å². The fourth-order valence-electron chi connectivity index (χ4n) is 3.21. The number of nitrogens with zero attached hydrogens (tertiary/aromatic N) is 1. The van der Waals surface area contributed by atoms with Crippen LogP contribution in [-0.4, -0.2) is 16.4 Å². The molecule has 3 heteroatoms. The SMILES string of the molecule is Fc1ccc(CN2CCc3[nH]c4ccccc4c3C2)cc1. The van der Waals surface area contributed by atoms with Gasteiger partial charge >= 0.3 is 0 Å². The number of H-pyrrole nitrogens is 1. The summed E-state index contributed by atoms with van der Waals surface area (Å²) in [5, 5.41) is 1.33. The van der Waals surface area contributed by atoms with Gasteiger partial charge in [0, 0.05) is 42.7 Å². The second-order valence-corrected chi connectivity index (χ2v) is 5.71. The highest BCUT2D eigenvalue weighted by molar-refractivity contribution is 5.84. The molecule has 2 aromatic carbocycles. The number of para-hydroxylation sites is 1. The maximum absolute atomic E-state index is 13.0. The fourth-order valence-corrected chi connectivity index (χ4v) is 3.21. The van der Waals surface area contributed by atoms with E-state index in [2.05, 4.69) is 34.1 Å². The van der Waals surface area contributed by atoms with Gasteiger partial charge in [-0.25, -0.2) is 4.39 Å². The minimum atomic E-state index is -0.170. The molecule has 2 nitrogen and oxygen atoms in total. The lowest BCUT2D eigenvalue weighted by atomic mass is 10.0. The van der Waals surface area contributed by atoms with Crippen molar-refractivity contribution in [1.29, 1.82) is 0 Å². The second kappa shape index (κ2) is 5.01. The van der Waals surface area contributed by atoms with E-state index in [1.165, 1.54) is 39.9 Å². The minimum absolute atomic E-state index is 0.170. The number of benzene rings is 2. The molecule has 0 atom stereocenters. The molecule has 4 rings (SSSR count). The molecule has 0 unspecified atom stereocenters. The van der Waals surface area contributed by atoms with Gasteiger partial charge in [0.15, 0.2) is 0 Å². The molecular weight excluding hydrogens is 263 g/mol. The van der Waals surface area contributed by atoms with Gasteiger partial charge in [0.1, 0.15) is 5.82 Å². The van der Waals surface area contributed by atoms with E-state index in [4.69, 9.17) is 0 Å². The lowest BCUT2D eigenvalue weighted by Crippen LogP contribution is -2.29. The average Bonchev–Trinajstić information content (AvgIpc) is 2.88. The Bertz CT molecular complexity index is 774. The van der Waals surface area contributed by atoms with Crippen LogP contribution in [-0.2, 0) is 19.5 Å². The zero-order valence-corrected chi connectivity index (χ0v) is 11.8. The molecule has 2 heterocycles. The van der Waals surface area contributed by atoms with Gasteiger partial charge in [0.25, 0.3) is 0 Å². The van der Waals surface area contributed by atoms with Gasteiger partial charge in [-0.2, -0.15) is 0 Å². The molecule has 3 aromatic rings. The topological polar surface area (TPSA) is 19.0 Å². The van der Waals surface area contributed by atoms with Gasteiger partial charge in [-0.1, -0.05) is 30.3 Å². The molecule has 1 aliphatic rings. The Labute approximate surface area is 123 Å². The van der Waals surface area contributed by atoms with Crippen molar-refractivity contribution >= 4 is 10.9 Å². The van der Waals surface area contributed by atoms with Crippen LogP contribution in [0, 0.1) is 5.82 Å². The number of nitrogens with one attached hydrogen (secondary N) is 1. The number of aromatic nitrogens is 1. The van der Waals surface area contributed by atoms with E-state index in [1.54, 1.807) is 0 Å². The summed E-state index contributed by atoms with van der Waals surface area (Å²) in [6.07, 6.45) is 1.05. The number of aromatic amines is 1. The smallest absolute Gasteiger partial charge is 0.123 e. The van der Waals surface area contributed by atoms with Crippen LogP contribution in [0.15, 0.2) is 48.5 Å². The number of fused-ring (bicyclic) bond motifs is 3. The molecular formula is C18H17FN2. The van der Waals surface area contributed by atoms with Crippen molar-refractivity contribution in [3.8, 4) is 0 Å². The van der Waals surface area contributed by atoms with Gasteiger partial charge in [0.2, 0.25) is 0 Å². The third-order valence-electron chi connectivity index (χ3n) is 4.28. The molecule has 0 radical (unpaired) electrons. The van der Waals surface area contributed by atoms with Gasteiger partial charge in [-0.05, 0) is 29.3 Å². The third kappa shape index (κ3) is 2.34. The Morgan fingerprint density at radius 2 is 1.86 bits per heavy atom. The lowest BCUT2D eigenvalue weighted by Gasteiger charge is -2.27. The van der Waals surface area contributed by atoms with Crippen molar-refractivity contribution in [2.45, 2.75) is 19.5 Å². The third-order valence-corrected chi connectivity index (χ3v) is 4.28. The van der Waals surface area contributed by atoms with Gasteiger partial charge in [-0.15, -0.1) is 0 Å². The van der Waals surface area contributed by atoms with Crippen LogP contribution in [0.2, 0.25) is 0 Å². The van der Waals surface area contributed by atoms with Crippen LogP contribution in [0.4, 0.5) is 4.39 Å². The van der Waals surface area contributed by atoms with Crippen LogP contribution in [0.25, 0.3) is 10.9 Å².